The minimum Gasteiger partial charge on any atom is -0.330 e. The van der Waals surface area contributed by atoms with Gasteiger partial charge in [-0.15, -0.1) is 0 Å². The van der Waals surface area contributed by atoms with Gasteiger partial charge >= 0.3 is 0 Å². The molecule has 0 bridgehead atoms. The molecule has 2 heteroatoms. The Labute approximate surface area is 108 Å². The van der Waals surface area contributed by atoms with Crippen LogP contribution in [0.25, 0.3) is 0 Å². The normalized spacial score (nSPS) is 13.1. The summed E-state index contributed by atoms with van der Waals surface area (Å²) >= 11 is 3.69. The minimum atomic E-state index is 0.437. The highest BCUT2D eigenvalue weighted by Gasteiger charge is 2.12. The number of nitrogens with two attached hydrogens (primary N) is 1. The third-order valence-corrected chi connectivity index (χ3v) is 4.06. The molecule has 2 N–H and O–H groups in total. The van der Waals surface area contributed by atoms with Gasteiger partial charge in [0.05, 0.1) is 0 Å². The number of halogens is 1. The van der Waals surface area contributed by atoms with Crippen molar-refractivity contribution in [3.63, 3.8) is 0 Å². The molecule has 1 rings (SSSR count). The molecule has 1 aromatic rings. The lowest BCUT2D eigenvalue weighted by Gasteiger charge is -2.17. The molecule has 16 heavy (non-hydrogen) atoms. The van der Waals surface area contributed by atoms with E-state index in [2.05, 4.69) is 54.9 Å². The van der Waals surface area contributed by atoms with Crippen LogP contribution < -0.4 is 5.73 Å². The van der Waals surface area contributed by atoms with Crippen molar-refractivity contribution in [2.45, 2.75) is 45.4 Å². The van der Waals surface area contributed by atoms with E-state index in [9.17, 15) is 0 Å². The van der Waals surface area contributed by atoms with Crippen LogP contribution in [0.5, 0.6) is 0 Å². The lowest BCUT2D eigenvalue weighted by Crippen LogP contribution is -2.09. The zero-order valence-electron chi connectivity index (χ0n) is 10.5. The molecule has 0 spiro atoms. The topological polar surface area (TPSA) is 26.0 Å². The molecule has 0 radical (unpaired) electrons. The maximum atomic E-state index is 5.69. The van der Waals surface area contributed by atoms with Gasteiger partial charge in [0.15, 0.2) is 0 Å². The van der Waals surface area contributed by atoms with E-state index >= 15 is 0 Å². The smallest absolute Gasteiger partial charge is 0.0212 e. The Morgan fingerprint density at radius 2 is 1.88 bits per heavy atom. The van der Waals surface area contributed by atoms with Gasteiger partial charge in [0.1, 0.15) is 0 Å². The highest BCUT2D eigenvalue weighted by molar-refractivity contribution is 9.10. The summed E-state index contributed by atoms with van der Waals surface area (Å²) in [6.07, 6.45) is 2.39. The molecule has 0 heterocycles. The summed E-state index contributed by atoms with van der Waals surface area (Å²) in [5.41, 5.74) is 8.44. The van der Waals surface area contributed by atoms with Gasteiger partial charge in [-0.25, -0.2) is 0 Å². The van der Waals surface area contributed by atoms with E-state index in [0.717, 1.165) is 0 Å². The fraction of sp³-hybridized carbons (Fsp3) is 0.571. The molecular weight excluding hydrogens is 262 g/mol. The number of hydrogen-bond donors (Lipinski definition) is 1. The Hall–Kier alpha value is -0.340. The summed E-state index contributed by atoms with van der Waals surface area (Å²) in [6.45, 7) is 7.36. The Balaban J connectivity index is 2.99. The molecule has 0 aliphatic heterocycles. The molecule has 0 aliphatic carbocycles. The highest BCUT2D eigenvalue weighted by Crippen LogP contribution is 2.31. The van der Waals surface area contributed by atoms with E-state index < -0.39 is 0 Å². The lowest BCUT2D eigenvalue weighted by atomic mass is 9.91. The Kier molecular flexibility index (Phi) is 5.50. The molecule has 90 valence electrons. The van der Waals surface area contributed by atoms with Crippen LogP contribution in [-0.2, 0) is 0 Å². The molecule has 0 aliphatic rings. The van der Waals surface area contributed by atoms with E-state index in [-0.39, 0.29) is 0 Å². The zero-order chi connectivity index (χ0) is 12.1. The number of benzene rings is 1. The van der Waals surface area contributed by atoms with Crippen molar-refractivity contribution < 1.29 is 0 Å². The first kappa shape index (κ1) is 13.7. The van der Waals surface area contributed by atoms with Crippen molar-refractivity contribution >= 4 is 15.9 Å². The van der Waals surface area contributed by atoms with Gasteiger partial charge in [-0.1, -0.05) is 48.8 Å². The van der Waals surface area contributed by atoms with Gasteiger partial charge in [-0.05, 0) is 48.4 Å². The summed E-state index contributed by atoms with van der Waals surface area (Å²) in [4.78, 5) is 0. The third-order valence-electron chi connectivity index (χ3n) is 3.37. The van der Waals surface area contributed by atoms with Gasteiger partial charge in [-0.2, -0.15) is 0 Å². The fourth-order valence-electron chi connectivity index (χ4n) is 2.05. The SMILES string of the molecule is CCC(CC)c1ccc(C(C)CN)cc1Br. The average molecular weight is 284 g/mol. The van der Waals surface area contributed by atoms with Crippen LogP contribution in [0.4, 0.5) is 0 Å². The zero-order valence-corrected chi connectivity index (χ0v) is 12.0. The van der Waals surface area contributed by atoms with Gasteiger partial charge in [0.25, 0.3) is 0 Å². The maximum Gasteiger partial charge on any atom is 0.0212 e. The highest BCUT2D eigenvalue weighted by atomic mass is 79.9. The predicted molar refractivity (Wildman–Crippen MR) is 74.9 cm³/mol. The van der Waals surface area contributed by atoms with E-state index in [1.165, 1.54) is 28.4 Å². The molecule has 1 aromatic carbocycles. The van der Waals surface area contributed by atoms with E-state index in [1.54, 1.807) is 0 Å². The lowest BCUT2D eigenvalue weighted by molar-refractivity contribution is 0.638. The predicted octanol–water partition coefficient (Wildman–Crippen LogP) is 4.41. The second kappa shape index (κ2) is 6.41. The summed E-state index contributed by atoms with van der Waals surface area (Å²) in [5.74, 6) is 1.10. The molecule has 1 unspecified atom stereocenters. The van der Waals surface area contributed by atoms with Crippen molar-refractivity contribution in [2.24, 2.45) is 5.73 Å². The third kappa shape index (κ3) is 3.08. The Bertz CT molecular complexity index is 332. The first-order chi connectivity index (χ1) is 7.63. The van der Waals surface area contributed by atoms with Gasteiger partial charge in [0.2, 0.25) is 0 Å². The molecule has 0 aromatic heterocycles. The summed E-state index contributed by atoms with van der Waals surface area (Å²) in [6, 6.07) is 6.70. The number of hydrogen-bond acceptors (Lipinski definition) is 1. The first-order valence-electron chi connectivity index (χ1n) is 6.13. The van der Waals surface area contributed by atoms with Crippen LogP contribution in [0.2, 0.25) is 0 Å². The largest absolute Gasteiger partial charge is 0.330 e. The van der Waals surface area contributed by atoms with E-state index in [4.69, 9.17) is 5.73 Å². The van der Waals surface area contributed by atoms with Crippen LogP contribution >= 0.6 is 15.9 Å². The second-order valence-electron chi connectivity index (χ2n) is 4.43. The molecule has 0 saturated heterocycles. The van der Waals surface area contributed by atoms with Crippen molar-refractivity contribution in [3.05, 3.63) is 33.8 Å². The van der Waals surface area contributed by atoms with Gasteiger partial charge < -0.3 is 5.73 Å². The molecule has 1 atom stereocenters. The summed E-state index contributed by atoms with van der Waals surface area (Å²) in [7, 11) is 0. The van der Waals surface area contributed by atoms with Crippen LogP contribution in [0, 0.1) is 0 Å². The standard InChI is InChI=1S/C14H22BrN/c1-4-11(5-2)13-7-6-12(8-14(13)15)10(3)9-16/h6-8,10-11H,4-5,9,16H2,1-3H3. The van der Waals surface area contributed by atoms with Crippen LogP contribution in [0.3, 0.4) is 0 Å². The fourth-order valence-corrected chi connectivity index (χ4v) is 2.77. The van der Waals surface area contributed by atoms with Crippen LogP contribution in [0.1, 0.15) is 56.6 Å². The second-order valence-corrected chi connectivity index (χ2v) is 5.29. The minimum absolute atomic E-state index is 0.437. The van der Waals surface area contributed by atoms with E-state index in [1.807, 2.05) is 0 Å². The van der Waals surface area contributed by atoms with E-state index in [0.29, 0.717) is 18.4 Å². The molecule has 0 fully saturated rings. The quantitative estimate of drug-likeness (QED) is 0.851. The average Bonchev–Trinajstić information content (AvgIpc) is 2.31. The molecule has 1 nitrogen and oxygen atoms in total. The van der Waals surface area contributed by atoms with Crippen molar-refractivity contribution in [1.82, 2.24) is 0 Å². The van der Waals surface area contributed by atoms with Crippen molar-refractivity contribution in [3.8, 4) is 0 Å². The molecular formula is C14H22BrN. The van der Waals surface area contributed by atoms with Crippen molar-refractivity contribution in [1.29, 1.82) is 0 Å². The first-order valence-corrected chi connectivity index (χ1v) is 6.92. The molecule has 0 amide bonds. The Morgan fingerprint density at radius 3 is 2.31 bits per heavy atom. The number of rotatable bonds is 5. The summed E-state index contributed by atoms with van der Waals surface area (Å²) in [5, 5.41) is 0. The Morgan fingerprint density at radius 1 is 1.25 bits per heavy atom. The maximum absolute atomic E-state index is 5.69. The van der Waals surface area contributed by atoms with Crippen LogP contribution in [0.15, 0.2) is 22.7 Å². The van der Waals surface area contributed by atoms with Gasteiger partial charge in [-0.3, -0.25) is 0 Å². The van der Waals surface area contributed by atoms with Gasteiger partial charge in [0, 0.05) is 4.47 Å². The summed E-state index contributed by atoms with van der Waals surface area (Å²) < 4.78 is 1.24. The van der Waals surface area contributed by atoms with Crippen LogP contribution in [-0.4, -0.2) is 6.54 Å². The monoisotopic (exact) mass is 283 g/mol. The van der Waals surface area contributed by atoms with Crippen molar-refractivity contribution in [2.75, 3.05) is 6.54 Å². The molecule has 0 saturated carbocycles.